The van der Waals surface area contributed by atoms with Crippen molar-refractivity contribution >= 4 is 5.69 Å². The first-order chi connectivity index (χ1) is 6.75. The van der Waals surface area contributed by atoms with Crippen LogP contribution in [0.2, 0.25) is 0 Å². The quantitative estimate of drug-likeness (QED) is 0.668. The van der Waals surface area contributed by atoms with Crippen molar-refractivity contribution in [1.29, 1.82) is 0 Å². The molecule has 1 aliphatic heterocycles. The molecule has 2 unspecified atom stereocenters. The highest BCUT2D eigenvalue weighted by Gasteiger charge is 2.18. The van der Waals surface area contributed by atoms with Crippen molar-refractivity contribution in [3.63, 3.8) is 0 Å². The van der Waals surface area contributed by atoms with Gasteiger partial charge in [0.05, 0.1) is 0 Å². The van der Waals surface area contributed by atoms with Gasteiger partial charge in [-0.15, -0.1) is 0 Å². The van der Waals surface area contributed by atoms with Crippen LogP contribution in [-0.4, -0.2) is 6.04 Å². The predicted molar refractivity (Wildman–Crippen MR) is 60.0 cm³/mol. The molecule has 0 saturated carbocycles. The molecule has 0 spiro atoms. The Morgan fingerprint density at radius 2 is 2.21 bits per heavy atom. The van der Waals surface area contributed by atoms with E-state index in [0.29, 0.717) is 12.1 Å². The highest BCUT2D eigenvalue weighted by atomic mass is 15.0. The molecule has 0 aliphatic carbocycles. The fourth-order valence-corrected chi connectivity index (χ4v) is 2.18. The van der Waals surface area contributed by atoms with Crippen LogP contribution in [0, 0.1) is 0 Å². The smallest absolute Gasteiger partial charge is 0.0323 e. The molecule has 2 heteroatoms. The first-order valence-electron chi connectivity index (χ1n) is 5.37. The van der Waals surface area contributed by atoms with Crippen LogP contribution in [-0.2, 0) is 0 Å². The summed E-state index contributed by atoms with van der Waals surface area (Å²) in [5.74, 6) is 0. The lowest BCUT2D eigenvalue weighted by molar-refractivity contribution is 0.341. The van der Waals surface area contributed by atoms with Crippen LogP contribution in [0.25, 0.3) is 0 Å². The molecule has 0 aromatic heterocycles. The van der Waals surface area contributed by atoms with Gasteiger partial charge in [-0.1, -0.05) is 18.6 Å². The fraction of sp³-hybridized carbons (Fsp3) is 0.500. The zero-order valence-corrected chi connectivity index (χ0v) is 8.66. The molecule has 0 bridgehead atoms. The molecule has 2 atom stereocenters. The zero-order chi connectivity index (χ0) is 9.97. The van der Waals surface area contributed by atoms with Crippen LogP contribution < -0.4 is 11.1 Å². The zero-order valence-electron chi connectivity index (χ0n) is 8.66. The molecule has 1 saturated heterocycles. The van der Waals surface area contributed by atoms with Gasteiger partial charge >= 0.3 is 0 Å². The van der Waals surface area contributed by atoms with Gasteiger partial charge in [-0.05, 0) is 37.5 Å². The van der Waals surface area contributed by atoms with Crippen LogP contribution in [0.3, 0.4) is 0 Å². The van der Waals surface area contributed by atoms with E-state index >= 15 is 0 Å². The van der Waals surface area contributed by atoms with Gasteiger partial charge in [-0.3, -0.25) is 0 Å². The Balaban J connectivity index is 2.14. The van der Waals surface area contributed by atoms with Crippen molar-refractivity contribution in [1.82, 2.24) is 5.32 Å². The number of benzene rings is 1. The molecule has 76 valence electrons. The van der Waals surface area contributed by atoms with Gasteiger partial charge in [0, 0.05) is 17.8 Å². The van der Waals surface area contributed by atoms with Crippen LogP contribution in [0.4, 0.5) is 5.69 Å². The maximum absolute atomic E-state index is 5.77. The van der Waals surface area contributed by atoms with Gasteiger partial charge in [-0.25, -0.2) is 0 Å². The average molecular weight is 190 g/mol. The monoisotopic (exact) mass is 190 g/mol. The Kier molecular flexibility index (Phi) is 2.73. The fourth-order valence-electron chi connectivity index (χ4n) is 2.18. The van der Waals surface area contributed by atoms with E-state index in [2.05, 4.69) is 24.4 Å². The largest absolute Gasteiger partial charge is 0.399 e. The lowest BCUT2D eigenvalue weighted by Gasteiger charge is -2.29. The van der Waals surface area contributed by atoms with E-state index in [4.69, 9.17) is 5.73 Å². The van der Waals surface area contributed by atoms with E-state index in [-0.39, 0.29) is 0 Å². The second kappa shape index (κ2) is 4.01. The standard InChI is InChI=1S/C12H18N2/c1-9-4-2-7-12(14-9)10-5-3-6-11(13)8-10/h3,5-6,8-9,12,14H,2,4,7,13H2,1H3. The Labute approximate surface area is 85.5 Å². The second-order valence-electron chi connectivity index (χ2n) is 4.22. The van der Waals surface area contributed by atoms with Crippen molar-refractivity contribution in [2.24, 2.45) is 0 Å². The first-order valence-corrected chi connectivity index (χ1v) is 5.37. The van der Waals surface area contributed by atoms with Crippen LogP contribution in [0.15, 0.2) is 24.3 Å². The summed E-state index contributed by atoms with van der Waals surface area (Å²) in [7, 11) is 0. The Morgan fingerprint density at radius 3 is 2.93 bits per heavy atom. The summed E-state index contributed by atoms with van der Waals surface area (Å²) in [5.41, 5.74) is 7.97. The minimum atomic E-state index is 0.502. The number of hydrogen-bond acceptors (Lipinski definition) is 2. The third kappa shape index (κ3) is 2.07. The highest BCUT2D eigenvalue weighted by Crippen LogP contribution is 2.26. The lowest BCUT2D eigenvalue weighted by Crippen LogP contribution is -2.34. The van der Waals surface area contributed by atoms with E-state index in [1.807, 2.05) is 12.1 Å². The summed E-state index contributed by atoms with van der Waals surface area (Å²) in [5, 5.41) is 3.60. The number of anilines is 1. The molecule has 2 nitrogen and oxygen atoms in total. The molecule has 3 N–H and O–H groups in total. The van der Waals surface area contributed by atoms with Crippen molar-refractivity contribution in [2.45, 2.75) is 38.3 Å². The molecular weight excluding hydrogens is 172 g/mol. The third-order valence-corrected chi connectivity index (χ3v) is 2.93. The molecule has 1 aliphatic rings. The van der Waals surface area contributed by atoms with Gasteiger partial charge in [0.2, 0.25) is 0 Å². The number of nitrogen functional groups attached to an aromatic ring is 1. The number of hydrogen-bond donors (Lipinski definition) is 2. The van der Waals surface area contributed by atoms with Crippen LogP contribution in [0.5, 0.6) is 0 Å². The van der Waals surface area contributed by atoms with E-state index in [9.17, 15) is 0 Å². The summed E-state index contributed by atoms with van der Waals surface area (Å²) in [6, 6.07) is 9.35. The summed E-state index contributed by atoms with van der Waals surface area (Å²) >= 11 is 0. The summed E-state index contributed by atoms with van der Waals surface area (Å²) in [4.78, 5) is 0. The molecule has 0 amide bonds. The van der Waals surface area contributed by atoms with Gasteiger partial charge in [0.1, 0.15) is 0 Å². The second-order valence-corrected chi connectivity index (χ2v) is 4.22. The SMILES string of the molecule is CC1CCCC(c2cccc(N)c2)N1. The first kappa shape index (κ1) is 9.53. The number of nitrogens with two attached hydrogens (primary N) is 1. The Morgan fingerprint density at radius 1 is 1.36 bits per heavy atom. The number of piperidine rings is 1. The molecule has 1 fully saturated rings. The average Bonchev–Trinajstić information content (AvgIpc) is 2.18. The Hall–Kier alpha value is -1.02. The predicted octanol–water partition coefficient (Wildman–Crippen LogP) is 2.47. The van der Waals surface area contributed by atoms with E-state index in [1.54, 1.807) is 0 Å². The number of rotatable bonds is 1. The topological polar surface area (TPSA) is 38.0 Å². The highest BCUT2D eigenvalue weighted by molar-refractivity contribution is 5.41. The molecular formula is C12H18N2. The van der Waals surface area contributed by atoms with Crippen molar-refractivity contribution < 1.29 is 0 Å². The van der Waals surface area contributed by atoms with E-state index in [0.717, 1.165) is 5.69 Å². The summed E-state index contributed by atoms with van der Waals surface area (Å²) in [6.45, 7) is 2.25. The molecule has 14 heavy (non-hydrogen) atoms. The van der Waals surface area contributed by atoms with E-state index < -0.39 is 0 Å². The summed E-state index contributed by atoms with van der Waals surface area (Å²) in [6.07, 6.45) is 3.83. The van der Waals surface area contributed by atoms with E-state index in [1.165, 1.54) is 24.8 Å². The Bertz CT molecular complexity index is 309. The molecule has 1 aromatic carbocycles. The third-order valence-electron chi connectivity index (χ3n) is 2.93. The molecule has 0 radical (unpaired) electrons. The van der Waals surface area contributed by atoms with Gasteiger partial charge in [0.15, 0.2) is 0 Å². The normalized spacial score (nSPS) is 27.5. The minimum Gasteiger partial charge on any atom is -0.399 e. The molecule has 1 heterocycles. The minimum absolute atomic E-state index is 0.502. The summed E-state index contributed by atoms with van der Waals surface area (Å²) < 4.78 is 0. The van der Waals surface area contributed by atoms with Crippen LogP contribution >= 0.6 is 0 Å². The van der Waals surface area contributed by atoms with Crippen molar-refractivity contribution in [3.8, 4) is 0 Å². The maximum Gasteiger partial charge on any atom is 0.0323 e. The van der Waals surface area contributed by atoms with Gasteiger partial charge in [0.25, 0.3) is 0 Å². The van der Waals surface area contributed by atoms with Crippen molar-refractivity contribution in [2.75, 3.05) is 5.73 Å². The van der Waals surface area contributed by atoms with Gasteiger partial charge in [-0.2, -0.15) is 0 Å². The number of nitrogens with one attached hydrogen (secondary N) is 1. The van der Waals surface area contributed by atoms with Crippen molar-refractivity contribution in [3.05, 3.63) is 29.8 Å². The molecule has 2 rings (SSSR count). The molecule has 1 aromatic rings. The van der Waals surface area contributed by atoms with Crippen LogP contribution in [0.1, 0.15) is 37.8 Å². The van der Waals surface area contributed by atoms with Gasteiger partial charge < -0.3 is 11.1 Å². The maximum atomic E-state index is 5.77. The lowest BCUT2D eigenvalue weighted by atomic mass is 9.94.